The van der Waals surface area contributed by atoms with E-state index in [4.69, 9.17) is 0 Å². The molecule has 1 aromatic heterocycles. The third kappa shape index (κ3) is 3.82. The molecule has 0 aliphatic heterocycles. The van der Waals surface area contributed by atoms with E-state index >= 15 is 0 Å². The van der Waals surface area contributed by atoms with Crippen molar-refractivity contribution < 1.29 is 17.1 Å². The van der Waals surface area contributed by atoms with E-state index in [-0.39, 0.29) is 17.1 Å². The van der Waals surface area contributed by atoms with Gasteiger partial charge in [-0.15, -0.1) is 23.8 Å². The molecule has 0 nitrogen and oxygen atoms in total. The molecule has 2 heteroatoms. The van der Waals surface area contributed by atoms with E-state index in [1.165, 1.54) is 10.4 Å². The second kappa shape index (κ2) is 7.24. The fourth-order valence-electron chi connectivity index (χ4n) is 1.30. The Morgan fingerprint density at radius 3 is 2.06 bits per heavy atom. The first-order chi connectivity index (χ1) is 7.47. The van der Waals surface area contributed by atoms with Crippen molar-refractivity contribution in [1.82, 2.24) is 0 Å². The van der Waals surface area contributed by atoms with E-state index in [2.05, 4.69) is 41.8 Å². The Labute approximate surface area is 111 Å². The van der Waals surface area contributed by atoms with E-state index in [0.29, 0.717) is 0 Å². The number of hydrogen-bond donors (Lipinski definition) is 0. The predicted octanol–water partition coefficient (Wildman–Crippen LogP) is 4.54. The smallest absolute Gasteiger partial charge is 0.214 e. The first-order valence-corrected chi connectivity index (χ1v) is 5.77. The van der Waals surface area contributed by atoms with Crippen LogP contribution in [0.25, 0.3) is 10.4 Å². The molecule has 82 valence electrons. The fourth-order valence-corrected chi connectivity index (χ4v) is 2.03. The summed E-state index contributed by atoms with van der Waals surface area (Å²) in [5.41, 5.74) is 1.33. The Morgan fingerprint density at radius 2 is 1.62 bits per heavy atom. The van der Waals surface area contributed by atoms with Gasteiger partial charge in [-0.1, -0.05) is 6.07 Å². The van der Waals surface area contributed by atoms with E-state index < -0.39 is 0 Å². The van der Waals surface area contributed by atoms with Crippen LogP contribution in [0.15, 0.2) is 72.1 Å². The first-order valence-electron chi connectivity index (χ1n) is 4.89. The zero-order chi connectivity index (χ0) is 10.3. The summed E-state index contributed by atoms with van der Waals surface area (Å²) in [4.78, 5) is 1.35. The summed E-state index contributed by atoms with van der Waals surface area (Å²) in [5, 5.41) is 2.10. The Morgan fingerprint density at radius 1 is 0.938 bits per heavy atom. The van der Waals surface area contributed by atoms with Gasteiger partial charge in [0.2, 0.25) is 0 Å². The van der Waals surface area contributed by atoms with Crippen molar-refractivity contribution >= 4 is 11.3 Å². The minimum absolute atomic E-state index is 0. The van der Waals surface area contributed by atoms with Crippen LogP contribution in [0, 0.1) is 0 Å². The van der Waals surface area contributed by atoms with E-state index in [1.807, 2.05) is 30.3 Å². The molecular formula is C14H12FeS. The molecule has 16 heavy (non-hydrogen) atoms. The second-order valence-electron chi connectivity index (χ2n) is 3.11. The van der Waals surface area contributed by atoms with Gasteiger partial charge in [-0.2, -0.15) is 41.7 Å². The molecule has 0 atom stereocenters. The predicted molar refractivity (Wildman–Crippen MR) is 67.4 cm³/mol. The molecule has 2 aromatic carbocycles. The van der Waals surface area contributed by atoms with Crippen molar-refractivity contribution in [3.63, 3.8) is 0 Å². The summed E-state index contributed by atoms with van der Waals surface area (Å²) in [6, 6.07) is 22.6. The molecule has 0 fully saturated rings. The molecule has 0 bridgehead atoms. The maximum Gasteiger partial charge on any atom is 2.00 e. The van der Waals surface area contributed by atoms with Gasteiger partial charge in [0.1, 0.15) is 0 Å². The summed E-state index contributed by atoms with van der Waals surface area (Å²) >= 11 is 1.78. The molecule has 0 aliphatic carbocycles. The van der Waals surface area contributed by atoms with Gasteiger partial charge in [0.25, 0.3) is 0 Å². The normalized spacial score (nSPS) is 8.75. The molecular weight excluding hydrogens is 256 g/mol. The average Bonchev–Trinajstić information content (AvgIpc) is 3.06. The van der Waals surface area contributed by atoms with E-state index in [0.717, 1.165) is 0 Å². The average molecular weight is 268 g/mol. The van der Waals surface area contributed by atoms with Gasteiger partial charge >= 0.3 is 17.1 Å². The van der Waals surface area contributed by atoms with Crippen LogP contribution in [0.5, 0.6) is 0 Å². The Balaban J connectivity index is 0.000000183. The monoisotopic (exact) mass is 268 g/mol. The molecule has 0 saturated carbocycles. The molecule has 0 aliphatic rings. The molecule has 0 unspecified atom stereocenters. The quantitative estimate of drug-likeness (QED) is 0.449. The van der Waals surface area contributed by atoms with Crippen molar-refractivity contribution in [3.8, 4) is 10.4 Å². The summed E-state index contributed by atoms with van der Waals surface area (Å²) in [7, 11) is 0. The van der Waals surface area contributed by atoms with Crippen LogP contribution >= 0.6 is 11.3 Å². The molecule has 0 N–H and O–H groups in total. The minimum Gasteiger partial charge on any atom is -0.214 e. The summed E-state index contributed by atoms with van der Waals surface area (Å²) in [6.07, 6.45) is 0. The van der Waals surface area contributed by atoms with Crippen LogP contribution in [-0.2, 0) is 17.1 Å². The summed E-state index contributed by atoms with van der Waals surface area (Å²) in [5.74, 6) is 0. The number of hydrogen-bond acceptors (Lipinski definition) is 1. The van der Waals surface area contributed by atoms with Crippen LogP contribution < -0.4 is 0 Å². The van der Waals surface area contributed by atoms with Crippen molar-refractivity contribution in [2.75, 3.05) is 0 Å². The molecule has 0 spiro atoms. The van der Waals surface area contributed by atoms with Crippen LogP contribution in [0.2, 0.25) is 0 Å². The van der Waals surface area contributed by atoms with Crippen molar-refractivity contribution in [3.05, 3.63) is 72.1 Å². The third-order valence-corrected chi connectivity index (χ3v) is 2.94. The van der Waals surface area contributed by atoms with Crippen LogP contribution in [0.4, 0.5) is 0 Å². The van der Waals surface area contributed by atoms with Crippen molar-refractivity contribution in [1.29, 1.82) is 0 Å². The van der Waals surface area contributed by atoms with Crippen LogP contribution in [0.1, 0.15) is 0 Å². The van der Waals surface area contributed by atoms with Gasteiger partial charge in [0.15, 0.2) is 0 Å². The first kappa shape index (κ1) is 13.0. The Kier molecular flexibility index (Phi) is 5.87. The number of rotatable bonds is 1. The van der Waals surface area contributed by atoms with E-state index in [9.17, 15) is 0 Å². The van der Waals surface area contributed by atoms with Gasteiger partial charge < -0.3 is 0 Å². The summed E-state index contributed by atoms with van der Waals surface area (Å²) in [6.45, 7) is 0. The Hall–Kier alpha value is -1.08. The summed E-state index contributed by atoms with van der Waals surface area (Å²) < 4.78 is 0. The molecule has 0 amide bonds. The zero-order valence-corrected chi connectivity index (χ0v) is 10.6. The molecule has 0 saturated heterocycles. The van der Waals surface area contributed by atoms with Gasteiger partial charge in [-0.05, 0) is 10.3 Å². The third-order valence-electron chi connectivity index (χ3n) is 2.02. The molecule has 1 heterocycles. The van der Waals surface area contributed by atoms with Gasteiger partial charge in [0, 0.05) is 0 Å². The molecule has 3 aromatic rings. The van der Waals surface area contributed by atoms with Gasteiger partial charge in [-0.25, -0.2) is 12.1 Å². The molecule has 0 radical (unpaired) electrons. The topological polar surface area (TPSA) is 0 Å². The standard InChI is InChI=1S/C9H7S.C5H5.Fe/c1-2-5-8(4-1)9-6-3-7-10-9;1-2-4-5-3-1;/h1-7H;1-5H;/q2*-1;+2. The second-order valence-corrected chi connectivity index (χ2v) is 4.06. The van der Waals surface area contributed by atoms with Crippen LogP contribution in [0.3, 0.4) is 0 Å². The van der Waals surface area contributed by atoms with Crippen LogP contribution in [-0.4, -0.2) is 0 Å². The van der Waals surface area contributed by atoms with Crippen molar-refractivity contribution in [2.24, 2.45) is 0 Å². The molecule has 3 rings (SSSR count). The van der Waals surface area contributed by atoms with Gasteiger partial charge in [-0.3, -0.25) is 0 Å². The number of thiophene rings is 1. The maximum atomic E-state index is 2.14. The largest absolute Gasteiger partial charge is 2.00 e. The zero-order valence-electron chi connectivity index (χ0n) is 8.69. The van der Waals surface area contributed by atoms with Gasteiger partial charge in [0.05, 0.1) is 0 Å². The Bertz CT molecular complexity index is 385. The fraction of sp³-hybridized carbons (Fsp3) is 0. The maximum absolute atomic E-state index is 2.14. The van der Waals surface area contributed by atoms with E-state index in [1.54, 1.807) is 11.3 Å². The van der Waals surface area contributed by atoms with Crippen molar-refractivity contribution in [2.45, 2.75) is 0 Å². The minimum atomic E-state index is 0. The SMILES string of the molecule is [Fe+2].c1cc[cH-]c1.c1csc(-[c-]2cccc2)c1.